The van der Waals surface area contributed by atoms with Crippen molar-refractivity contribution in [3.05, 3.63) is 104 Å². The van der Waals surface area contributed by atoms with Gasteiger partial charge in [0, 0.05) is 52.4 Å². The lowest BCUT2D eigenvalue weighted by Crippen LogP contribution is -2.13. The molecule has 0 radical (unpaired) electrons. The lowest BCUT2D eigenvalue weighted by molar-refractivity contribution is 0.601. The first-order valence-electron chi connectivity index (χ1n) is 10.8. The monoisotopic (exact) mass is 499 g/mol. The Morgan fingerprint density at radius 3 is 2.23 bits per heavy atom. The molecule has 174 valence electrons. The number of rotatable bonds is 7. The zero-order chi connectivity index (χ0) is 24.3. The first-order chi connectivity index (χ1) is 17.0. The van der Waals surface area contributed by atoms with Crippen molar-refractivity contribution >= 4 is 63.9 Å². The van der Waals surface area contributed by atoms with Crippen LogP contribution in [-0.4, -0.2) is 18.4 Å². The molecule has 0 fully saturated rings. The standard InChI is InChI=1S/C26H22N5O2PS/c32-35(33,23-3-1-2-21(16-23)29-19-10-13-27-14-11-19)31-20-6-4-18(5-7-20)30-26-12-15-28-25-9-8-22(34)17-24(25)26/h1-17,31H,34H2,(H,27,29)(H,28,30). The van der Waals surface area contributed by atoms with Crippen LogP contribution in [0.5, 0.6) is 0 Å². The van der Waals surface area contributed by atoms with E-state index >= 15 is 0 Å². The van der Waals surface area contributed by atoms with Crippen LogP contribution in [0.3, 0.4) is 0 Å². The van der Waals surface area contributed by atoms with Crippen molar-refractivity contribution in [3.63, 3.8) is 0 Å². The number of hydrogen-bond donors (Lipinski definition) is 3. The second kappa shape index (κ2) is 9.70. The average Bonchev–Trinajstić information content (AvgIpc) is 2.86. The van der Waals surface area contributed by atoms with Gasteiger partial charge in [-0.15, -0.1) is 9.24 Å². The van der Waals surface area contributed by atoms with Crippen molar-refractivity contribution in [1.29, 1.82) is 0 Å². The summed E-state index contributed by atoms with van der Waals surface area (Å²) in [6, 6.07) is 25.3. The minimum absolute atomic E-state index is 0.162. The Balaban J connectivity index is 1.31. The number of fused-ring (bicyclic) bond motifs is 1. The number of aromatic nitrogens is 2. The molecule has 0 amide bonds. The van der Waals surface area contributed by atoms with Crippen LogP contribution in [0, 0.1) is 0 Å². The zero-order valence-electron chi connectivity index (χ0n) is 18.5. The van der Waals surface area contributed by atoms with Crippen LogP contribution in [0.2, 0.25) is 0 Å². The molecule has 9 heteroatoms. The summed E-state index contributed by atoms with van der Waals surface area (Å²) < 4.78 is 28.6. The highest BCUT2D eigenvalue weighted by molar-refractivity contribution is 7.92. The number of nitrogens with zero attached hydrogens (tertiary/aromatic N) is 2. The first-order valence-corrected chi connectivity index (χ1v) is 12.8. The Kier molecular flexibility index (Phi) is 6.31. The molecule has 3 aromatic carbocycles. The van der Waals surface area contributed by atoms with Gasteiger partial charge in [0.05, 0.1) is 10.4 Å². The summed E-state index contributed by atoms with van der Waals surface area (Å²) in [5.74, 6) is 0. The third-order valence-corrected chi connectivity index (χ3v) is 7.03. The molecule has 0 bridgehead atoms. The van der Waals surface area contributed by atoms with E-state index in [1.54, 1.807) is 48.9 Å². The molecule has 3 N–H and O–H groups in total. The van der Waals surface area contributed by atoms with Crippen LogP contribution < -0.4 is 20.7 Å². The fourth-order valence-corrected chi connectivity index (χ4v) is 4.97. The molecule has 1 atom stereocenters. The van der Waals surface area contributed by atoms with Crippen LogP contribution in [-0.2, 0) is 10.0 Å². The maximum absolute atomic E-state index is 13.0. The van der Waals surface area contributed by atoms with E-state index in [9.17, 15) is 8.42 Å². The van der Waals surface area contributed by atoms with Gasteiger partial charge in [-0.2, -0.15) is 0 Å². The summed E-state index contributed by atoms with van der Waals surface area (Å²) in [6.07, 6.45) is 5.09. The molecule has 0 saturated carbocycles. The smallest absolute Gasteiger partial charge is 0.261 e. The Morgan fingerprint density at radius 2 is 1.43 bits per heavy atom. The molecule has 0 aliphatic rings. The van der Waals surface area contributed by atoms with E-state index in [0.717, 1.165) is 33.3 Å². The molecule has 35 heavy (non-hydrogen) atoms. The second-order valence-electron chi connectivity index (χ2n) is 7.83. The molecule has 2 heterocycles. The highest BCUT2D eigenvalue weighted by Crippen LogP contribution is 2.27. The van der Waals surface area contributed by atoms with Crippen LogP contribution in [0.15, 0.2) is 108 Å². The maximum atomic E-state index is 13.0. The van der Waals surface area contributed by atoms with E-state index in [1.165, 1.54) is 0 Å². The summed E-state index contributed by atoms with van der Waals surface area (Å²) in [5.41, 5.74) is 4.60. The predicted molar refractivity (Wildman–Crippen MR) is 146 cm³/mol. The van der Waals surface area contributed by atoms with E-state index in [4.69, 9.17) is 0 Å². The second-order valence-corrected chi connectivity index (χ2v) is 10.2. The number of sulfonamides is 1. The normalized spacial score (nSPS) is 11.2. The largest absolute Gasteiger partial charge is 0.355 e. The number of anilines is 5. The summed E-state index contributed by atoms with van der Waals surface area (Å²) in [4.78, 5) is 8.55. The van der Waals surface area contributed by atoms with E-state index in [-0.39, 0.29) is 4.90 Å². The fraction of sp³-hybridized carbons (Fsp3) is 0. The average molecular weight is 500 g/mol. The van der Waals surface area contributed by atoms with E-state index in [1.807, 2.05) is 48.5 Å². The lowest BCUT2D eigenvalue weighted by atomic mass is 10.2. The maximum Gasteiger partial charge on any atom is 0.261 e. The number of pyridine rings is 2. The van der Waals surface area contributed by atoms with Gasteiger partial charge >= 0.3 is 0 Å². The van der Waals surface area contributed by atoms with Crippen molar-refractivity contribution < 1.29 is 8.42 Å². The van der Waals surface area contributed by atoms with Gasteiger partial charge < -0.3 is 10.6 Å². The number of benzene rings is 3. The SMILES string of the molecule is O=S(=O)(Nc1ccc(Nc2ccnc3ccc(P)cc23)cc1)c1cccc(Nc2ccncc2)c1. The van der Waals surface area contributed by atoms with Crippen LogP contribution >= 0.6 is 9.24 Å². The molecule has 0 aliphatic carbocycles. The number of nitrogens with one attached hydrogen (secondary N) is 3. The van der Waals surface area contributed by atoms with Gasteiger partial charge in [-0.05, 0) is 78.1 Å². The summed E-state index contributed by atoms with van der Waals surface area (Å²) in [7, 11) is -1.07. The van der Waals surface area contributed by atoms with Gasteiger partial charge in [-0.25, -0.2) is 8.42 Å². The van der Waals surface area contributed by atoms with E-state index < -0.39 is 10.0 Å². The molecular weight excluding hydrogens is 477 g/mol. The molecule has 2 aromatic heterocycles. The van der Waals surface area contributed by atoms with Crippen molar-refractivity contribution in [2.24, 2.45) is 0 Å². The summed E-state index contributed by atoms with van der Waals surface area (Å²) in [5, 5.41) is 8.64. The third-order valence-electron chi connectivity index (χ3n) is 5.30. The topological polar surface area (TPSA) is 96.0 Å². The van der Waals surface area contributed by atoms with Gasteiger partial charge in [0.2, 0.25) is 0 Å². The van der Waals surface area contributed by atoms with Crippen LogP contribution in [0.4, 0.5) is 28.4 Å². The van der Waals surface area contributed by atoms with Crippen molar-refractivity contribution in [2.45, 2.75) is 4.90 Å². The Hall–Kier alpha value is -4.00. The molecule has 0 saturated heterocycles. The summed E-state index contributed by atoms with van der Waals surface area (Å²) >= 11 is 0. The molecule has 1 unspecified atom stereocenters. The first kappa shape index (κ1) is 22.8. The van der Waals surface area contributed by atoms with E-state index in [0.29, 0.717) is 11.4 Å². The molecular formula is C26H22N5O2PS. The van der Waals surface area contributed by atoms with Gasteiger partial charge in [0.1, 0.15) is 0 Å². The van der Waals surface area contributed by atoms with Crippen molar-refractivity contribution in [1.82, 2.24) is 9.97 Å². The Bertz CT molecular complexity index is 1590. The third kappa shape index (κ3) is 5.40. The van der Waals surface area contributed by atoms with Crippen molar-refractivity contribution in [2.75, 3.05) is 15.4 Å². The Labute approximate surface area is 205 Å². The van der Waals surface area contributed by atoms with Gasteiger partial charge in [0.25, 0.3) is 10.0 Å². The van der Waals surface area contributed by atoms with Gasteiger partial charge in [-0.3, -0.25) is 14.7 Å². The predicted octanol–water partition coefficient (Wildman–Crippen LogP) is 5.42. The quantitative estimate of drug-likeness (QED) is 0.259. The molecule has 5 rings (SSSR count). The molecule has 5 aromatic rings. The highest BCUT2D eigenvalue weighted by Gasteiger charge is 2.15. The zero-order valence-corrected chi connectivity index (χ0v) is 20.5. The molecule has 0 aliphatic heterocycles. The van der Waals surface area contributed by atoms with E-state index in [2.05, 4.69) is 40.6 Å². The van der Waals surface area contributed by atoms with Crippen molar-refractivity contribution in [3.8, 4) is 0 Å². The minimum atomic E-state index is -3.77. The Morgan fingerprint density at radius 1 is 0.686 bits per heavy atom. The van der Waals surface area contributed by atoms with Crippen LogP contribution in [0.1, 0.15) is 0 Å². The molecule has 7 nitrogen and oxygen atoms in total. The minimum Gasteiger partial charge on any atom is -0.355 e. The lowest BCUT2D eigenvalue weighted by Gasteiger charge is -2.13. The van der Waals surface area contributed by atoms with Gasteiger partial charge in [0.15, 0.2) is 0 Å². The fourth-order valence-electron chi connectivity index (χ4n) is 3.61. The molecule has 0 spiro atoms. The van der Waals surface area contributed by atoms with Crippen LogP contribution in [0.25, 0.3) is 10.9 Å². The number of hydrogen-bond acceptors (Lipinski definition) is 6. The summed E-state index contributed by atoms with van der Waals surface area (Å²) in [6.45, 7) is 0. The van der Waals surface area contributed by atoms with Gasteiger partial charge in [-0.1, -0.05) is 12.1 Å². The highest BCUT2D eigenvalue weighted by atomic mass is 32.2.